The van der Waals surface area contributed by atoms with Gasteiger partial charge >= 0.3 is 0 Å². The second-order valence-electron chi connectivity index (χ2n) is 4.85. The molecular formula is C17H14ClNO2S. The standard InChI is InChI=1S/C17H14ClNO2S/c1-10-6-5-8-12(21-2)15(10)19-17(20)16-14(18)11-7-3-4-9-13(11)22-16/h3-9H,1-2H3,(H,19,20). The third kappa shape index (κ3) is 2.56. The van der Waals surface area contributed by atoms with Crippen molar-refractivity contribution >= 4 is 44.6 Å². The number of para-hydroxylation sites is 1. The molecule has 0 aliphatic rings. The number of methoxy groups -OCH3 is 1. The summed E-state index contributed by atoms with van der Waals surface area (Å²) in [4.78, 5) is 13.1. The monoisotopic (exact) mass is 331 g/mol. The summed E-state index contributed by atoms with van der Waals surface area (Å²) in [5.74, 6) is 0.407. The highest BCUT2D eigenvalue weighted by molar-refractivity contribution is 7.21. The number of amides is 1. The lowest BCUT2D eigenvalue weighted by molar-refractivity contribution is 0.103. The second kappa shape index (κ2) is 5.99. The van der Waals surface area contributed by atoms with E-state index in [2.05, 4.69) is 5.32 Å². The van der Waals surface area contributed by atoms with Crippen molar-refractivity contribution in [3.8, 4) is 5.75 Å². The normalized spacial score (nSPS) is 10.7. The fraction of sp³-hybridized carbons (Fsp3) is 0.118. The van der Waals surface area contributed by atoms with Crippen LogP contribution in [-0.4, -0.2) is 13.0 Å². The number of benzene rings is 2. The van der Waals surface area contributed by atoms with Gasteiger partial charge in [0.1, 0.15) is 10.6 Å². The van der Waals surface area contributed by atoms with Gasteiger partial charge in [-0.1, -0.05) is 41.9 Å². The average Bonchev–Trinajstić information content (AvgIpc) is 2.87. The van der Waals surface area contributed by atoms with Crippen LogP contribution in [0.15, 0.2) is 42.5 Å². The number of anilines is 1. The van der Waals surface area contributed by atoms with E-state index in [0.29, 0.717) is 21.3 Å². The number of ether oxygens (including phenoxy) is 1. The van der Waals surface area contributed by atoms with Crippen LogP contribution >= 0.6 is 22.9 Å². The highest BCUT2D eigenvalue weighted by atomic mass is 35.5. The van der Waals surface area contributed by atoms with E-state index in [9.17, 15) is 4.79 Å². The molecule has 112 valence electrons. The Labute approximate surface area is 137 Å². The van der Waals surface area contributed by atoms with Crippen molar-refractivity contribution in [2.24, 2.45) is 0 Å². The summed E-state index contributed by atoms with van der Waals surface area (Å²) in [6.45, 7) is 1.92. The SMILES string of the molecule is COc1cccc(C)c1NC(=O)c1sc2ccccc2c1Cl. The Morgan fingerprint density at radius 1 is 1.18 bits per heavy atom. The number of hydrogen-bond acceptors (Lipinski definition) is 3. The molecule has 1 N–H and O–H groups in total. The summed E-state index contributed by atoms with van der Waals surface area (Å²) in [6, 6.07) is 13.3. The van der Waals surface area contributed by atoms with Gasteiger partial charge in [-0.3, -0.25) is 4.79 Å². The van der Waals surface area contributed by atoms with Crippen molar-refractivity contribution in [1.29, 1.82) is 0 Å². The lowest BCUT2D eigenvalue weighted by atomic mass is 10.2. The van der Waals surface area contributed by atoms with Crippen molar-refractivity contribution in [3.05, 3.63) is 57.9 Å². The van der Waals surface area contributed by atoms with Gasteiger partial charge < -0.3 is 10.1 Å². The topological polar surface area (TPSA) is 38.3 Å². The van der Waals surface area contributed by atoms with Gasteiger partial charge in [0.25, 0.3) is 5.91 Å². The zero-order chi connectivity index (χ0) is 15.7. The van der Waals surface area contributed by atoms with E-state index in [0.717, 1.165) is 15.6 Å². The number of nitrogens with one attached hydrogen (secondary N) is 1. The zero-order valence-corrected chi connectivity index (χ0v) is 13.7. The predicted octanol–water partition coefficient (Wildman–Crippen LogP) is 5.12. The summed E-state index contributed by atoms with van der Waals surface area (Å²) in [5.41, 5.74) is 1.61. The minimum atomic E-state index is -0.223. The lowest BCUT2D eigenvalue weighted by Crippen LogP contribution is -2.12. The van der Waals surface area contributed by atoms with Crippen molar-refractivity contribution in [1.82, 2.24) is 0 Å². The lowest BCUT2D eigenvalue weighted by Gasteiger charge is -2.12. The maximum atomic E-state index is 12.6. The predicted molar refractivity (Wildman–Crippen MR) is 92.5 cm³/mol. The van der Waals surface area contributed by atoms with Crippen LogP contribution in [0.25, 0.3) is 10.1 Å². The summed E-state index contributed by atoms with van der Waals surface area (Å²) in [5, 5.41) is 4.30. The van der Waals surface area contributed by atoms with Crippen LogP contribution < -0.4 is 10.1 Å². The van der Waals surface area contributed by atoms with Crippen LogP contribution in [-0.2, 0) is 0 Å². The largest absolute Gasteiger partial charge is 0.495 e. The van der Waals surface area contributed by atoms with E-state index in [1.807, 2.05) is 49.4 Å². The number of carbonyl (C=O) groups is 1. The van der Waals surface area contributed by atoms with Crippen molar-refractivity contribution in [2.75, 3.05) is 12.4 Å². The van der Waals surface area contributed by atoms with Crippen LogP contribution in [0.5, 0.6) is 5.75 Å². The third-order valence-corrected chi connectivity index (χ3v) is 5.11. The first kappa shape index (κ1) is 14.9. The number of thiophene rings is 1. The summed E-state index contributed by atoms with van der Waals surface area (Å²) >= 11 is 7.74. The second-order valence-corrected chi connectivity index (χ2v) is 6.28. The Bertz CT molecular complexity index is 857. The van der Waals surface area contributed by atoms with Gasteiger partial charge in [0.05, 0.1) is 17.8 Å². The van der Waals surface area contributed by atoms with Crippen LogP contribution in [0.1, 0.15) is 15.2 Å². The Balaban J connectivity index is 1.99. The fourth-order valence-electron chi connectivity index (χ4n) is 2.30. The van der Waals surface area contributed by atoms with Crippen molar-refractivity contribution in [2.45, 2.75) is 6.92 Å². The molecule has 1 amide bonds. The Hall–Kier alpha value is -2.04. The van der Waals surface area contributed by atoms with Gasteiger partial charge in [-0.25, -0.2) is 0 Å². The van der Waals surface area contributed by atoms with Crippen LogP contribution in [0, 0.1) is 6.92 Å². The van der Waals surface area contributed by atoms with E-state index in [1.54, 1.807) is 7.11 Å². The molecule has 0 saturated heterocycles. The summed E-state index contributed by atoms with van der Waals surface area (Å²) in [7, 11) is 1.58. The molecule has 0 fully saturated rings. The Kier molecular flexibility index (Phi) is 4.05. The molecule has 1 heterocycles. The first-order valence-corrected chi connectivity index (χ1v) is 7.93. The number of aryl methyl sites for hydroxylation is 1. The van der Waals surface area contributed by atoms with Gasteiger partial charge in [-0.05, 0) is 24.6 Å². The van der Waals surface area contributed by atoms with E-state index in [4.69, 9.17) is 16.3 Å². The minimum absolute atomic E-state index is 0.223. The smallest absolute Gasteiger partial charge is 0.267 e. The Morgan fingerprint density at radius 3 is 2.68 bits per heavy atom. The van der Waals surface area contributed by atoms with E-state index in [1.165, 1.54) is 11.3 Å². The summed E-state index contributed by atoms with van der Waals surface area (Å²) < 4.78 is 6.30. The van der Waals surface area contributed by atoms with Crippen LogP contribution in [0.4, 0.5) is 5.69 Å². The first-order chi connectivity index (χ1) is 10.6. The van der Waals surface area contributed by atoms with Crippen molar-refractivity contribution < 1.29 is 9.53 Å². The minimum Gasteiger partial charge on any atom is -0.495 e. The number of carbonyl (C=O) groups excluding carboxylic acids is 1. The van der Waals surface area contributed by atoms with Gasteiger partial charge in [-0.2, -0.15) is 0 Å². The molecule has 3 aromatic rings. The molecule has 22 heavy (non-hydrogen) atoms. The van der Waals surface area contributed by atoms with Gasteiger partial charge in [0.2, 0.25) is 0 Å². The van der Waals surface area contributed by atoms with E-state index >= 15 is 0 Å². The molecule has 2 aromatic carbocycles. The molecule has 0 aliphatic heterocycles. The third-order valence-electron chi connectivity index (χ3n) is 3.43. The van der Waals surface area contributed by atoms with Crippen LogP contribution in [0.2, 0.25) is 5.02 Å². The zero-order valence-electron chi connectivity index (χ0n) is 12.1. The molecule has 0 atom stereocenters. The van der Waals surface area contributed by atoms with Crippen molar-refractivity contribution in [3.63, 3.8) is 0 Å². The first-order valence-electron chi connectivity index (χ1n) is 6.74. The fourth-order valence-corrected chi connectivity index (χ4v) is 3.71. The van der Waals surface area contributed by atoms with Gasteiger partial charge in [0.15, 0.2) is 0 Å². The number of halogens is 1. The van der Waals surface area contributed by atoms with E-state index < -0.39 is 0 Å². The number of rotatable bonds is 3. The van der Waals surface area contributed by atoms with Gasteiger partial charge in [0, 0.05) is 10.1 Å². The quantitative estimate of drug-likeness (QED) is 0.723. The van der Waals surface area contributed by atoms with Crippen LogP contribution in [0.3, 0.4) is 0 Å². The summed E-state index contributed by atoms with van der Waals surface area (Å²) in [6.07, 6.45) is 0. The molecule has 0 radical (unpaired) electrons. The number of fused-ring (bicyclic) bond motifs is 1. The highest BCUT2D eigenvalue weighted by Crippen LogP contribution is 2.36. The Morgan fingerprint density at radius 2 is 1.95 bits per heavy atom. The maximum Gasteiger partial charge on any atom is 0.267 e. The maximum absolute atomic E-state index is 12.6. The molecule has 0 unspecified atom stereocenters. The molecule has 0 aliphatic carbocycles. The molecule has 3 rings (SSSR count). The molecule has 1 aromatic heterocycles. The number of hydrogen-bond donors (Lipinski definition) is 1. The van der Waals surface area contributed by atoms with E-state index in [-0.39, 0.29) is 5.91 Å². The molecule has 5 heteroatoms. The molecule has 0 spiro atoms. The molecular weight excluding hydrogens is 318 g/mol. The highest BCUT2D eigenvalue weighted by Gasteiger charge is 2.19. The molecule has 0 saturated carbocycles. The van der Waals surface area contributed by atoms with Gasteiger partial charge in [-0.15, -0.1) is 11.3 Å². The molecule has 3 nitrogen and oxygen atoms in total. The molecule has 0 bridgehead atoms. The average molecular weight is 332 g/mol.